The van der Waals surface area contributed by atoms with Crippen molar-refractivity contribution in [3.05, 3.63) is 65.2 Å². The maximum Gasteiger partial charge on any atom is 0.193 e. The van der Waals surface area contributed by atoms with E-state index in [1.807, 2.05) is 24.3 Å². The second-order valence-electron chi connectivity index (χ2n) is 6.75. The van der Waals surface area contributed by atoms with Gasteiger partial charge in [-0.05, 0) is 49.8 Å². The summed E-state index contributed by atoms with van der Waals surface area (Å²) in [6.45, 7) is 4.36. The molecule has 0 saturated carbocycles. The monoisotopic (exact) mass is 488 g/mol. The van der Waals surface area contributed by atoms with Gasteiger partial charge in [0, 0.05) is 11.3 Å². The Morgan fingerprint density at radius 3 is 2.26 bits per heavy atom. The molecule has 0 radical (unpaired) electrons. The van der Waals surface area contributed by atoms with Crippen molar-refractivity contribution < 1.29 is 8.78 Å². The number of anilines is 1. The van der Waals surface area contributed by atoms with Crippen LogP contribution in [0.4, 0.5) is 14.5 Å². The summed E-state index contributed by atoms with van der Waals surface area (Å²) in [6, 6.07) is 11.2. The summed E-state index contributed by atoms with van der Waals surface area (Å²) in [7, 11) is 3.50. The molecule has 148 valence electrons. The van der Waals surface area contributed by atoms with E-state index in [1.165, 1.54) is 23.8 Å². The van der Waals surface area contributed by atoms with Crippen molar-refractivity contribution in [1.82, 2.24) is 4.90 Å². The molecule has 0 aliphatic rings. The van der Waals surface area contributed by atoms with Crippen LogP contribution in [0.3, 0.4) is 0 Å². The van der Waals surface area contributed by atoms with Crippen LogP contribution in [0.1, 0.15) is 36.9 Å². The number of likely N-dealkylation sites (N-methyl/N-ethyl adjacent to an activating group) is 1. The van der Waals surface area contributed by atoms with Crippen LogP contribution in [0.5, 0.6) is 0 Å². The summed E-state index contributed by atoms with van der Waals surface area (Å²) in [5.41, 5.74) is 7.98. The number of nitrogens with one attached hydrogen (secondary N) is 1. The van der Waals surface area contributed by atoms with Crippen LogP contribution in [0.2, 0.25) is 0 Å². The Hall–Kier alpha value is -1.74. The topological polar surface area (TPSA) is 53.6 Å². The number of aliphatic imine (C=N–C) groups is 1. The first-order valence-corrected chi connectivity index (χ1v) is 8.56. The van der Waals surface area contributed by atoms with Gasteiger partial charge in [0.1, 0.15) is 11.6 Å². The Morgan fingerprint density at radius 2 is 1.70 bits per heavy atom. The second kappa shape index (κ2) is 10.6. The fraction of sp³-hybridized carbons (Fsp3) is 0.350. The van der Waals surface area contributed by atoms with E-state index in [1.54, 1.807) is 19.0 Å². The van der Waals surface area contributed by atoms with Crippen LogP contribution in [0, 0.1) is 11.6 Å². The molecule has 0 heterocycles. The lowest BCUT2D eigenvalue weighted by molar-refractivity contribution is 0.290. The summed E-state index contributed by atoms with van der Waals surface area (Å²) in [5, 5.41) is 3.03. The fourth-order valence-electron chi connectivity index (χ4n) is 2.69. The summed E-state index contributed by atoms with van der Waals surface area (Å²) in [6.07, 6.45) is 0. The van der Waals surface area contributed by atoms with Gasteiger partial charge in [0.05, 0.1) is 12.6 Å². The van der Waals surface area contributed by atoms with E-state index in [0.29, 0.717) is 5.92 Å². The van der Waals surface area contributed by atoms with E-state index < -0.39 is 17.7 Å². The van der Waals surface area contributed by atoms with Crippen LogP contribution in [0.25, 0.3) is 0 Å². The molecule has 0 saturated heterocycles. The molecule has 3 N–H and O–H groups in total. The van der Waals surface area contributed by atoms with Crippen LogP contribution in [-0.2, 0) is 0 Å². The van der Waals surface area contributed by atoms with E-state index in [4.69, 9.17) is 5.73 Å². The van der Waals surface area contributed by atoms with Crippen molar-refractivity contribution in [1.29, 1.82) is 0 Å². The van der Waals surface area contributed by atoms with E-state index in [9.17, 15) is 8.78 Å². The highest BCUT2D eigenvalue weighted by Gasteiger charge is 2.21. The van der Waals surface area contributed by atoms with Crippen LogP contribution < -0.4 is 11.1 Å². The van der Waals surface area contributed by atoms with Gasteiger partial charge in [-0.2, -0.15) is 0 Å². The van der Waals surface area contributed by atoms with E-state index in [2.05, 4.69) is 24.2 Å². The van der Waals surface area contributed by atoms with Crippen LogP contribution in [0.15, 0.2) is 47.5 Å². The molecular weight excluding hydrogens is 461 g/mol. The third-order valence-corrected chi connectivity index (χ3v) is 4.22. The third kappa shape index (κ3) is 6.42. The molecule has 0 aromatic heterocycles. The lowest BCUT2D eigenvalue weighted by Gasteiger charge is -2.24. The van der Waals surface area contributed by atoms with Crippen molar-refractivity contribution >= 4 is 35.6 Å². The number of guanidine groups is 1. The molecule has 0 spiro atoms. The number of hydrogen-bond acceptors (Lipinski definition) is 2. The Labute approximate surface area is 176 Å². The normalized spacial score (nSPS) is 12.8. The Kier molecular flexibility index (Phi) is 9.11. The number of hydrogen-bond donors (Lipinski definition) is 2. The van der Waals surface area contributed by atoms with E-state index in [0.717, 1.165) is 5.69 Å². The van der Waals surface area contributed by atoms with Gasteiger partial charge in [-0.15, -0.1) is 24.0 Å². The fourth-order valence-corrected chi connectivity index (χ4v) is 2.69. The minimum atomic E-state index is -0.588. The third-order valence-electron chi connectivity index (χ3n) is 4.22. The highest BCUT2D eigenvalue weighted by atomic mass is 127. The van der Waals surface area contributed by atoms with E-state index >= 15 is 0 Å². The zero-order valence-corrected chi connectivity index (χ0v) is 18.4. The van der Waals surface area contributed by atoms with Gasteiger partial charge >= 0.3 is 0 Å². The summed E-state index contributed by atoms with van der Waals surface area (Å²) in [4.78, 5) is 6.00. The van der Waals surface area contributed by atoms with Crippen molar-refractivity contribution in [3.8, 4) is 0 Å². The molecule has 4 nitrogen and oxygen atoms in total. The zero-order chi connectivity index (χ0) is 19.3. The number of benzene rings is 2. The average molecular weight is 488 g/mol. The summed E-state index contributed by atoms with van der Waals surface area (Å²) >= 11 is 0. The van der Waals surface area contributed by atoms with Crippen LogP contribution in [-0.4, -0.2) is 31.5 Å². The van der Waals surface area contributed by atoms with Gasteiger partial charge in [-0.3, -0.25) is 4.99 Å². The lowest BCUT2D eigenvalue weighted by Crippen LogP contribution is -2.28. The molecule has 27 heavy (non-hydrogen) atoms. The van der Waals surface area contributed by atoms with Gasteiger partial charge in [0.15, 0.2) is 5.96 Å². The van der Waals surface area contributed by atoms with Gasteiger partial charge in [-0.25, -0.2) is 8.78 Å². The first-order valence-electron chi connectivity index (χ1n) is 8.56. The van der Waals surface area contributed by atoms with E-state index in [-0.39, 0.29) is 42.0 Å². The lowest BCUT2D eigenvalue weighted by atomic mass is 10.0. The Bertz CT molecular complexity index is 758. The smallest absolute Gasteiger partial charge is 0.193 e. The number of nitrogens with two attached hydrogens (primary N) is 1. The average Bonchev–Trinajstić information content (AvgIpc) is 2.57. The molecule has 2 rings (SSSR count). The summed E-state index contributed by atoms with van der Waals surface area (Å²) < 4.78 is 28.2. The SMILES string of the molecule is CC(C)c1cccc(NC(N)=NCC(c2c(F)cccc2F)N(C)C)c1.I. The number of halogens is 3. The maximum absolute atomic E-state index is 14.1. The molecule has 0 fully saturated rings. The predicted molar refractivity (Wildman–Crippen MR) is 119 cm³/mol. The van der Waals surface area contributed by atoms with Gasteiger partial charge < -0.3 is 16.0 Å². The van der Waals surface area contributed by atoms with Crippen molar-refractivity contribution in [2.75, 3.05) is 26.0 Å². The number of nitrogens with zero attached hydrogens (tertiary/aromatic N) is 2. The molecule has 7 heteroatoms. The predicted octanol–water partition coefficient (Wildman–Crippen LogP) is 4.74. The second-order valence-corrected chi connectivity index (χ2v) is 6.75. The highest BCUT2D eigenvalue weighted by Crippen LogP contribution is 2.25. The molecule has 0 bridgehead atoms. The standard InChI is InChI=1S/C20H26F2N4.HI/c1-13(2)14-7-5-8-15(11-14)25-20(23)24-12-18(26(3)4)19-16(21)9-6-10-17(19)22;/h5-11,13,18H,12H2,1-4H3,(H3,23,24,25);1H. The van der Waals surface area contributed by atoms with Gasteiger partial charge in [-0.1, -0.05) is 32.0 Å². The first kappa shape index (κ1) is 23.3. The molecule has 0 amide bonds. The molecule has 0 aliphatic carbocycles. The minimum absolute atomic E-state index is 0. The molecular formula is C20H27F2IN4. The van der Waals surface area contributed by atoms with Crippen molar-refractivity contribution in [2.45, 2.75) is 25.8 Å². The quantitative estimate of drug-likeness (QED) is 0.351. The Balaban J connectivity index is 0.00000364. The Morgan fingerprint density at radius 1 is 1.11 bits per heavy atom. The molecule has 1 atom stereocenters. The van der Waals surface area contributed by atoms with Crippen LogP contribution >= 0.6 is 24.0 Å². The first-order chi connectivity index (χ1) is 12.3. The summed E-state index contributed by atoms with van der Waals surface area (Å²) in [5.74, 6) is -0.573. The van der Waals surface area contributed by atoms with Gasteiger partial charge in [0.2, 0.25) is 0 Å². The molecule has 0 aliphatic heterocycles. The van der Waals surface area contributed by atoms with Gasteiger partial charge in [0.25, 0.3) is 0 Å². The molecule has 2 aromatic carbocycles. The van der Waals surface area contributed by atoms with Crippen molar-refractivity contribution in [3.63, 3.8) is 0 Å². The largest absolute Gasteiger partial charge is 0.370 e. The molecule has 1 unspecified atom stereocenters. The minimum Gasteiger partial charge on any atom is -0.370 e. The zero-order valence-electron chi connectivity index (χ0n) is 16.0. The maximum atomic E-state index is 14.1. The number of rotatable bonds is 6. The highest BCUT2D eigenvalue weighted by molar-refractivity contribution is 14.0. The molecule has 2 aromatic rings. The van der Waals surface area contributed by atoms with Crippen molar-refractivity contribution in [2.24, 2.45) is 10.7 Å².